The lowest BCUT2D eigenvalue weighted by molar-refractivity contribution is 0.488. The van der Waals surface area contributed by atoms with Crippen LogP contribution in [-0.4, -0.2) is 0 Å². The number of fused-ring (bicyclic) bond motifs is 1. The number of para-hydroxylation sites is 1. The maximum atomic E-state index is 6.34. The molecule has 2 N–H and O–H groups in total. The van der Waals surface area contributed by atoms with Gasteiger partial charge < -0.3 is 14.6 Å². The van der Waals surface area contributed by atoms with Crippen LogP contribution in [0.5, 0.6) is 0 Å². The molecule has 3 nitrogen and oxygen atoms in total. The van der Waals surface area contributed by atoms with Gasteiger partial charge in [0.1, 0.15) is 22.9 Å². The molecule has 0 spiro atoms. The van der Waals surface area contributed by atoms with Crippen molar-refractivity contribution in [3.63, 3.8) is 0 Å². The summed E-state index contributed by atoms with van der Waals surface area (Å²) < 4.78 is 11.5. The molecule has 2 aromatic heterocycles. The predicted molar refractivity (Wildman–Crippen MR) is 75.2 cm³/mol. The third-order valence-electron chi connectivity index (χ3n) is 3.58. The molecule has 0 saturated carbocycles. The molecule has 0 radical (unpaired) electrons. The van der Waals surface area contributed by atoms with Crippen molar-refractivity contribution in [3.8, 4) is 0 Å². The van der Waals surface area contributed by atoms with Gasteiger partial charge in [-0.2, -0.15) is 0 Å². The Morgan fingerprint density at radius 3 is 2.42 bits per heavy atom. The Balaban J connectivity index is 2.14. The van der Waals surface area contributed by atoms with Crippen LogP contribution in [0.15, 0.2) is 39.2 Å². The summed E-state index contributed by atoms with van der Waals surface area (Å²) in [6.45, 7) is 5.90. The van der Waals surface area contributed by atoms with E-state index in [1.165, 1.54) is 0 Å². The molecule has 2 heterocycles. The third kappa shape index (κ3) is 1.87. The highest BCUT2D eigenvalue weighted by atomic mass is 16.3. The summed E-state index contributed by atoms with van der Waals surface area (Å²) in [5.41, 5.74) is 9.30. The standard InChI is InChI=1S/C16H17NO2/c1-9-8-13(11(3)18-9)15(17)16-10(2)12-6-4-5-7-14(12)19-16/h4-8,15H,17H2,1-3H3. The first-order valence-electron chi connectivity index (χ1n) is 6.38. The molecular formula is C16H17NO2. The van der Waals surface area contributed by atoms with Gasteiger partial charge in [-0.3, -0.25) is 0 Å². The summed E-state index contributed by atoms with van der Waals surface area (Å²) in [5, 5.41) is 1.12. The van der Waals surface area contributed by atoms with Gasteiger partial charge in [-0.25, -0.2) is 0 Å². The van der Waals surface area contributed by atoms with Crippen molar-refractivity contribution in [2.45, 2.75) is 26.8 Å². The summed E-state index contributed by atoms with van der Waals surface area (Å²) in [6, 6.07) is 9.68. The summed E-state index contributed by atoms with van der Waals surface area (Å²) in [6.07, 6.45) is 0. The molecule has 0 bridgehead atoms. The van der Waals surface area contributed by atoms with E-state index in [1.54, 1.807) is 0 Å². The molecule has 1 aromatic carbocycles. The van der Waals surface area contributed by atoms with Gasteiger partial charge in [0, 0.05) is 16.5 Å². The van der Waals surface area contributed by atoms with Crippen LogP contribution in [0, 0.1) is 20.8 Å². The maximum Gasteiger partial charge on any atom is 0.134 e. The molecule has 0 aliphatic heterocycles. The molecule has 19 heavy (non-hydrogen) atoms. The van der Waals surface area contributed by atoms with E-state index in [9.17, 15) is 0 Å². The first-order chi connectivity index (χ1) is 9.08. The van der Waals surface area contributed by atoms with Gasteiger partial charge in [-0.1, -0.05) is 18.2 Å². The van der Waals surface area contributed by atoms with E-state index in [1.807, 2.05) is 45.0 Å². The molecule has 0 fully saturated rings. The quantitative estimate of drug-likeness (QED) is 0.753. The molecule has 0 aliphatic carbocycles. The minimum atomic E-state index is -0.287. The third-order valence-corrected chi connectivity index (χ3v) is 3.58. The van der Waals surface area contributed by atoms with Gasteiger partial charge in [0.15, 0.2) is 0 Å². The highest BCUT2D eigenvalue weighted by Gasteiger charge is 2.21. The van der Waals surface area contributed by atoms with Gasteiger partial charge in [0.05, 0.1) is 6.04 Å². The van der Waals surface area contributed by atoms with Crippen LogP contribution in [-0.2, 0) is 0 Å². The molecule has 3 aromatic rings. The molecule has 1 atom stereocenters. The van der Waals surface area contributed by atoms with Crippen molar-refractivity contribution in [2.24, 2.45) is 5.73 Å². The van der Waals surface area contributed by atoms with Crippen LogP contribution in [0.25, 0.3) is 11.0 Å². The average molecular weight is 255 g/mol. The molecule has 0 saturated heterocycles. The first kappa shape index (κ1) is 12.1. The van der Waals surface area contributed by atoms with Crippen molar-refractivity contribution in [2.75, 3.05) is 0 Å². The first-order valence-corrected chi connectivity index (χ1v) is 6.38. The van der Waals surface area contributed by atoms with E-state index >= 15 is 0 Å². The second-order valence-corrected chi connectivity index (χ2v) is 4.93. The van der Waals surface area contributed by atoms with Crippen molar-refractivity contribution < 1.29 is 8.83 Å². The summed E-state index contributed by atoms with van der Waals surface area (Å²) >= 11 is 0. The number of nitrogens with two attached hydrogens (primary N) is 1. The number of hydrogen-bond acceptors (Lipinski definition) is 3. The van der Waals surface area contributed by atoms with E-state index in [0.29, 0.717) is 0 Å². The number of aryl methyl sites for hydroxylation is 3. The topological polar surface area (TPSA) is 52.3 Å². The van der Waals surface area contributed by atoms with Crippen LogP contribution >= 0.6 is 0 Å². The Kier molecular flexibility index (Phi) is 2.72. The van der Waals surface area contributed by atoms with E-state index in [-0.39, 0.29) is 6.04 Å². The van der Waals surface area contributed by atoms with Gasteiger partial charge in [-0.05, 0) is 32.9 Å². The lowest BCUT2D eigenvalue weighted by Crippen LogP contribution is -2.12. The zero-order valence-corrected chi connectivity index (χ0v) is 11.4. The number of hydrogen-bond donors (Lipinski definition) is 1. The Hall–Kier alpha value is -2.00. The molecule has 1 unspecified atom stereocenters. The summed E-state index contributed by atoms with van der Waals surface area (Å²) in [7, 11) is 0. The highest BCUT2D eigenvalue weighted by molar-refractivity contribution is 5.82. The fourth-order valence-electron chi connectivity index (χ4n) is 2.59. The predicted octanol–water partition coefficient (Wildman–Crippen LogP) is 4.00. The van der Waals surface area contributed by atoms with Gasteiger partial charge >= 0.3 is 0 Å². The monoisotopic (exact) mass is 255 g/mol. The lowest BCUT2D eigenvalue weighted by atomic mass is 10.0. The second kappa shape index (κ2) is 4.28. The minimum Gasteiger partial charge on any atom is -0.466 e. The zero-order valence-electron chi connectivity index (χ0n) is 11.4. The van der Waals surface area contributed by atoms with Crippen molar-refractivity contribution in [3.05, 3.63) is 58.7 Å². The Morgan fingerprint density at radius 2 is 1.79 bits per heavy atom. The van der Waals surface area contributed by atoms with Crippen LogP contribution < -0.4 is 5.73 Å². The van der Waals surface area contributed by atoms with Crippen LogP contribution in [0.3, 0.4) is 0 Å². The number of furan rings is 2. The van der Waals surface area contributed by atoms with Crippen molar-refractivity contribution in [1.29, 1.82) is 0 Å². The van der Waals surface area contributed by atoms with E-state index in [2.05, 4.69) is 6.07 Å². The van der Waals surface area contributed by atoms with Crippen LogP contribution in [0.4, 0.5) is 0 Å². The fraction of sp³-hybridized carbons (Fsp3) is 0.250. The Labute approximate surface area is 112 Å². The van der Waals surface area contributed by atoms with E-state index in [0.717, 1.165) is 39.4 Å². The molecule has 3 heteroatoms. The SMILES string of the molecule is Cc1cc(C(N)c2oc3ccccc3c2C)c(C)o1. The van der Waals surface area contributed by atoms with Gasteiger partial charge in [0.25, 0.3) is 0 Å². The smallest absolute Gasteiger partial charge is 0.134 e. The number of rotatable bonds is 2. The average Bonchev–Trinajstić information content (AvgIpc) is 2.90. The van der Waals surface area contributed by atoms with Gasteiger partial charge in [-0.15, -0.1) is 0 Å². The van der Waals surface area contributed by atoms with E-state index in [4.69, 9.17) is 14.6 Å². The lowest BCUT2D eigenvalue weighted by Gasteiger charge is -2.08. The Morgan fingerprint density at radius 1 is 1.05 bits per heavy atom. The van der Waals surface area contributed by atoms with Crippen molar-refractivity contribution in [1.82, 2.24) is 0 Å². The molecule has 3 rings (SSSR count). The van der Waals surface area contributed by atoms with E-state index < -0.39 is 0 Å². The summed E-state index contributed by atoms with van der Waals surface area (Å²) in [5.74, 6) is 2.53. The normalized spacial score (nSPS) is 13.1. The second-order valence-electron chi connectivity index (χ2n) is 4.93. The Bertz CT molecular complexity index is 736. The highest BCUT2D eigenvalue weighted by Crippen LogP contribution is 2.33. The zero-order chi connectivity index (χ0) is 13.6. The minimum absolute atomic E-state index is 0.287. The maximum absolute atomic E-state index is 6.34. The molecule has 98 valence electrons. The molecular weight excluding hydrogens is 238 g/mol. The van der Waals surface area contributed by atoms with Gasteiger partial charge in [0.2, 0.25) is 0 Å². The fourth-order valence-corrected chi connectivity index (χ4v) is 2.59. The van der Waals surface area contributed by atoms with Crippen molar-refractivity contribution >= 4 is 11.0 Å². The molecule has 0 aliphatic rings. The molecule has 0 amide bonds. The number of benzene rings is 1. The van der Waals surface area contributed by atoms with Crippen LogP contribution in [0.1, 0.15) is 34.4 Å². The summed E-state index contributed by atoms with van der Waals surface area (Å²) in [4.78, 5) is 0. The van der Waals surface area contributed by atoms with Crippen LogP contribution in [0.2, 0.25) is 0 Å². The largest absolute Gasteiger partial charge is 0.466 e.